The zero-order valence-corrected chi connectivity index (χ0v) is 11.3. The Balaban J connectivity index is 2.11. The molecule has 94 valence electrons. The van der Waals surface area contributed by atoms with Crippen LogP contribution in [0.3, 0.4) is 0 Å². The normalized spacial score (nSPS) is 29.1. The molecule has 1 aliphatic carbocycles. The molecule has 17 heavy (non-hydrogen) atoms. The summed E-state index contributed by atoms with van der Waals surface area (Å²) in [6.07, 6.45) is 5.76. The van der Waals surface area contributed by atoms with Gasteiger partial charge in [0.05, 0.1) is 11.4 Å². The monoisotopic (exact) mass is 233 g/mol. The first-order chi connectivity index (χ1) is 8.08. The largest absolute Gasteiger partial charge is 0.366 e. The summed E-state index contributed by atoms with van der Waals surface area (Å²) in [5.74, 6) is 2.49. The molecular weight excluding hydrogens is 210 g/mol. The summed E-state index contributed by atoms with van der Waals surface area (Å²) in [5, 5.41) is 3.60. The molecule has 1 N–H and O–H groups in total. The lowest BCUT2D eigenvalue weighted by molar-refractivity contribution is 0.252. The standard InChI is InChI=1S/C14H23N3/c1-9-6-5-7-13(11(9)3)17-14-12(4)15-8-10(2)16-14/h8-9,11,13H,5-7H2,1-4H3,(H,16,17)/t9-,11+,13-/m0/s1. The maximum absolute atomic E-state index is 4.55. The van der Waals surface area contributed by atoms with Crippen molar-refractivity contribution in [2.24, 2.45) is 11.8 Å². The molecule has 1 fully saturated rings. The maximum Gasteiger partial charge on any atom is 0.147 e. The van der Waals surface area contributed by atoms with E-state index in [1.807, 2.05) is 20.0 Å². The van der Waals surface area contributed by atoms with E-state index in [1.165, 1.54) is 19.3 Å². The summed E-state index contributed by atoms with van der Waals surface area (Å²) >= 11 is 0. The van der Waals surface area contributed by atoms with Crippen LogP contribution in [0.2, 0.25) is 0 Å². The highest BCUT2D eigenvalue weighted by molar-refractivity contribution is 5.40. The third kappa shape index (κ3) is 2.76. The van der Waals surface area contributed by atoms with E-state index in [-0.39, 0.29) is 0 Å². The van der Waals surface area contributed by atoms with Gasteiger partial charge in [-0.15, -0.1) is 0 Å². The number of nitrogens with one attached hydrogen (secondary N) is 1. The second-order valence-corrected chi connectivity index (χ2v) is 5.46. The van der Waals surface area contributed by atoms with E-state index < -0.39 is 0 Å². The summed E-state index contributed by atoms with van der Waals surface area (Å²) in [4.78, 5) is 8.92. The molecule has 1 aromatic rings. The quantitative estimate of drug-likeness (QED) is 0.851. The SMILES string of the molecule is Cc1cnc(C)c(N[C@H]2CCC[C@H](C)[C@H]2C)n1. The lowest BCUT2D eigenvalue weighted by atomic mass is 9.78. The smallest absolute Gasteiger partial charge is 0.147 e. The Labute approximate surface area is 104 Å². The van der Waals surface area contributed by atoms with Crippen molar-refractivity contribution in [2.45, 2.75) is 53.0 Å². The minimum Gasteiger partial charge on any atom is -0.366 e. The van der Waals surface area contributed by atoms with Crippen molar-refractivity contribution >= 4 is 5.82 Å². The highest BCUT2D eigenvalue weighted by atomic mass is 15.0. The molecule has 3 nitrogen and oxygen atoms in total. The molecule has 2 rings (SSSR count). The summed E-state index contributed by atoms with van der Waals surface area (Å²) in [6.45, 7) is 8.71. The molecule has 0 unspecified atom stereocenters. The second kappa shape index (κ2) is 5.03. The van der Waals surface area contributed by atoms with Gasteiger partial charge in [0.1, 0.15) is 5.82 Å². The Kier molecular flexibility index (Phi) is 3.65. The summed E-state index contributed by atoms with van der Waals surface area (Å²) < 4.78 is 0. The molecule has 1 saturated carbocycles. The van der Waals surface area contributed by atoms with E-state index in [1.54, 1.807) is 0 Å². The molecule has 0 aromatic carbocycles. The Bertz CT molecular complexity index is 389. The van der Waals surface area contributed by atoms with Gasteiger partial charge < -0.3 is 5.32 Å². The first kappa shape index (κ1) is 12.3. The molecule has 3 atom stereocenters. The molecule has 3 heteroatoms. The van der Waals surface area contributed by atoms with Gasteiger partial charge in [0.15, 0.2) is 0 Å². The Morgan fingerprint density at radius 1 is 1.24 bits per heavy atom. The second-order valence-electron chi connectivity index (χ2n) is 5.46. The van der Waals surface area contributed by atoms with E-state index >= 15 is 0 Å². The molecule has 0 spiro atoms. The van der Waals surface area contributed by atoms with Crippen molar-refractivity contribution < 1.29 is 0 Å². The van der Waals surface area contributed by atoms with Gasteiger partial charge in [-0.3, -0.25) is 4.98 Å². The van der Waals surface area contributed by atoms with Crippen molar-refractivity contribution in [3.8, 4) is 0 Å². The van der Waals surface area contributed by atoms with Gasteiger partial charge in [0.25, 0.3) is 0 Å². The van der Waals surface area contributed by atoms with E-state index in [0.717, 1.165) is 23.1 Å². The number of hydrogen-bond acceptors (Lipinski definition) is 3. The number of hydrogen-bond donors (Lipinski definition) is 1. The van der Waals surface area contributed by atoms with Crippen LogP contribution in [0.5, 0.6) is 0 Å². The van der Waals surface area contributed by atoms with E-state index in [9.17, 15) is 0 Å². The minimum absolute atomic E-state index is 0.550. The van der Waals surface area contributed by atoms with Gasteiger partial charge in [0, 0.05) is 12.2 Å². The van der Waals surface area contributed by atoms with Gasteiger partial charge in [-0.2, -0.15) is 0 Å². The van der Waals surface area contributed by atoms with Crippen LogP contribution in [0, 0.1) is 25.7 Å². The Morgan fingerprint density at radius 3 is 2.76 bits per heavy atom. The fourth-order valence-electron chi connectivity index (χ4n) is 2.64. The minimum atomic E-state index is 0.550. The van der Waals surface area contributed by atoms with Gasteiger partial charge in [-0.1, -0.05) is 26.7 Å². The fraction of sp³-hybridized carbons (Fsp3) is 0.714. The van der Waals surface area contributed by atoms with Crippen molar-refractivity contribution in [2.75, 3.05) is 5.32 Å². The van der Waals surface area contributed by atoms with Crippen LogP contribution < -0.4 is 5.32 Å². The lowest BCUT2D eigenvalue weighted by Gasteiger charge is -2.35. The fourth-order valence-corrected chi connectivity index (χ4v) is 2.64. The zero-order valence-electron chi connectivity index (χ0n) is 11.3. The Hall–Kier alpha value is -1.12. The summed E-state index contributed by atoms with van der Waals surface area (Å²) in [6, 6.07) is 0.550. The zero-order chi connectivity index (χ0) is 12.4. The van der Waals surface area contributed by atoms with Crippen LogP contribution in [-0.4, -0.2) is 16.0 Å². The average Bonchev–Trinajstić information content (AvgIpc) is 2.30. The number of aromatic nitrogens is 2. The molecule has 0 bridgehead atoms. The number of rotatable bonds is 2. The number of aryl methyl sites for hydroxylation is 2. The molecule has 0 saturated heterocycles. The number of nitrogens with zero attached hydrogens (tertiary/aromatic N) is 2. The molecule has 1 aliphatic rings. The number of anilines is 1. The molecule has 1 heterocycles. The molecular formula is C14H23N3. The van der Waals surface area contributed by atoms with Crippen LogP contribution in [0.15, 0.2) is 6.20 Å². The van der Waals surface area contributed by atoms with Gasteiger partial charge in [-0.25, -0.2) is 4.98 Å². The van der Waals surface area contributed by atoms with Gasteiger partial charge >= 0.3 is 0 Å². The summed E-state index contributed by atoms with van der Waals surface area (Å²) in [7, 11) is 0. The van der Waals surface area contributed by atoms with Crippen LogP contribution in [0.1, 0.15) is 44.5 Å². The van der Waals surface area contributed by atoms with Gasteiger partial charge in [0.2, 0.25) is 0 Å². The third-order valence-electron chi connectivity index (χ3n) is 4.10. The predicted octanol–water partition coefficient (Wildman–Crippen LogP) is 3.33. The highest BCUT2D eigenvalue weighted by Crippen LogP contribution is 2.31. The maximum atomic E-state index is 4.55. The lowest BCUT2D eigenvalue weighted by Crippen LogP contribution is -2.35. The van der Waals surface area contributed by atoms with Crippen LogP contribution in [0.25, 0.3) is 0 Å². The molecule has 0 amide bonds. The Morgan fingerprint density at radius 2 is 2.00 bits per heavy atom. The predicted molar refractivity (Wildman–Crippen MR) is 71.1 cm³/mol. The first-order valence-electron chi connectivity index (χ1n) is 6.64. The van der Waals surface area contributed by atoms with Gasteiger partial charge in [-0.05, 0) is 32.1 Å². The van der Waals surface area contributed by atoms with Crippen LogP contribution in [0.4, 0.5) is 5.82 Å². The first-order valence-corrected chi connectivity index (χ1v) is 6.64. The van der Waals surface area contributed by atoms with Crippen molar-refractivity contribution in [1.29, 1.82) is 0 Å². The third-order valence-corrected chi connectivity index (χ3v) is 4.10. The van der Waals surface area contributed by atoms with E-state index in [2.05, 4.69) is 29.1 Å². The van der Waals surface area contributed by atoms with Crippen molar-refractivity contribution in [3.63, 3.8) is 0 Å². The van der Waals surface area contributed by atoms with Crippen LogP contribution in [-0.2, 0) is 0 Å². The molecule has 1 aromatic heterocycles. The van der Waals surface area contributed by atoms with Crippen LogP contribution >= 0.6 is 0 Å². The van der Waals surface area contributed by atoms with Crippen molar-refractivity contribution in [3.05, 3.63) is 17.6 Å². The highest BCUT2D eigenvalue weighted by Gasteiger charge is 2.27. The molecule has 0 radical (unpaired) electrons. The van der Waals surface area contributed by atoms with Crippen molar-refractivity contribution in [1.82, 2.24) is 9.97 Å². The molecule has 0 aliphatic heterocycles. The summed E-state index contributed by atoms with van der Waals surface area (Å²) in [5.41, 5.74) is 1.98. The van der Waals surface area contributed by atoms with E-state index in [0.29, 0.717) is 12.0 Å². The van der Waals surface area contributed by atoms with E-state index in [4.69, 9.17) is 0 Å². The topological polar surface area (TPSA) is 37.8 Å². The average molecular weight is 233 g/mol.